The number of para-hydroxylation sites is 2. The summed E-state index contributed by atoms with van der Waals surface area (Å²) < 4.78 is 21.6. The SMILES string of the molecule is COc1ccc(CCNC(=O)c2ccccc2NC(=O)c2cc3cccc(OC)c3o2)cc1OC. The second kappa shape index (κ2) is 10.6. The predicted octanol–water partition coefficient (Wildman–Crippen LogP) is 4.68. The zero-order valence-electron chi connectivity index (χ0n) is 19.7. The Morgan fingerprint density at radius 2 is 1.57 bits per heavy atom. The fourth-order valence-electron chi connectivity index (χ4n) is 3.73. The van der Waals surface area contributed by atoms with Gasteiger partial charge in [0, 0.05) is 11.9 Å². The minimum atomic E-state index is -0.464. The average Bonchev–Trinajstić information content (AvgIpc) is 3.33. The Balaban J connectivity index is 1.43. The summed E-state index contributed by atoms with van der Waals surface area (Å²) in [7, 11) is 4.70. The van der Waals surface area contributed by atoms with E-state index in [4.69, 9.17) is 18.6 Å². The molecule has 3 aromatic carbocycles. The van der Waals surface area contributed by atoms with Gasteiger partial charge in [0.05, 0.1) is 32.6 Å². The van der Waals surface area contributed by atoms with E-state index in [9.17, 15) is 9.59 Å². The fourth-order valence-corrected chi connectivity index (χ4v) is 3.73. The maximum absolute atomic E-state index is 12.9. The predicted molar refractivity (Wildman–Crippen MR) is 133 cm³/mol. The van der Waals surface area contributed by atoms with Crippen LogP contribution in [0.25, 0.3) is 11.0 Å². The molecule has 0 aliphatic heterocycles. The number of benzene rings is 3. The molecule has 4 rings (SSSR count). The van der Waals surface area contributed by atoms with Crippen LogP contribution in [0.5, 0.6) is 17.2 Å². The molecule has 0 saturated heterocycles. The van der Waals surface area contributed by atoms with Gasteiger partial charge in [0.2, 0.25) is 0 Å². The molecule has 180 valence electrons. The van der Waals surface area contributed by atoms with Crippen molar-refractivity contribution in [2.75, 3.05) is 33.2 Å². The first-order valence-corrected chi connectivity index (χ1v) is 11.0. The summed E-state index contributed by atoms with van der Waals surface area (Å²) in [5, 5.41) is 6.42. The number of fused-ring (bicyclic) bond motifs is 1. The van der Waals surface area contributed by atoms with E-state index in [0.29, 0.717) is 47.0 Å². The number of amides is 2. The lowest BCUT2D eigenvalue weighted by Crippen LogP contribution is -2.27. The van der Waals surface area contributed by atoms with Gasteiger partial charge in [-0.25, -0.2) is 0 Å². The van der Waals surface area contributed by atoms with E-state index in [2.05, 4.69) is 10.6 Å². The highest BCUT2D eigenvalue weighted by molar-refractivity contribution is 6.09. The number of hydrogen-bond donors (Lipinski definition) is 2. The van der Waals surface area contributed by atoms with E-state index in [-0.39, 0.29) is 11.7 Å². The van der Waals surface area contributed by atoms with Gasteiger partial charge in [-0.2, -0.15) is 0 Å². The van der Waals surface area contributed by atoms with Crippen molar-refractivity contribution in [2.45, 2.75) is 6.42 Å². The fraction of sp³-hybridized carbons (Fsp3) is 0.185. The van der Waals surface area contributed by atoms with Crippen molar-refractivity contribution in [1.82, 2.24) is 5.32 Å². The Kier molecular flexibility index (Phi) is 7.21. The number of carbonyl (C=O) groups excluding carboxylic acids is 2. The van der Waals surface area contributed by atoms with Gasteiger partial charge in [0.1, 0.15) is 0 Å². The first kappa shape index (κ1) is 23.7. The van der Waals surface area contributed by atoms with Crippen molar-refractivity contribution in [2.24, 2.45) is 0 Å². The molecular formula is C27H26N2O6. The molecule has 8 heteroatoms. The molecular weight excluding hydrogens is 448 g/mol. The molecule has 0 aliphatic rings. The van der Waals surface area contributed by atoms with Crippen molar-refractivity contribution >= 4 is 28.5 Å². The third-order valence-electron chi connectivity index (χ3n) is 5.52. The molecule has 1 aromatic heterocycles. The highest BCUT2D eigenvalue weighted by atomic mass is 16.5. The van der Waals surface area contributed by atoms with Crippen LogP contribution in [0.4, 0.5) is 5.69 Å². The molecule has 4 aromatic rings. The molecule has 0 unspecified atom stereocenters. The molecule has 2 N–H and O–H groups in total. The molecule has 2 amide bonds. The third kappa shape index (κ3) is 5.22. The van der Waals surface area contributed by atoms with Crippen LogP contribution in [0.2, 0.25) is 0 Å². The van der Waals surface area contributed by atoms with Gasteiger partial charge in [-0.05, 0) is 48.4 Å². The zero-order valence-corrected chi connectivity index (χ0v) is 19.7. The normalized spacial score (nSPS) is 10.6. The van der Waals surface area contributed by atoms with Crippen LogP contribution in [0.15, 0.2) is 71.1 Å². The number of furan rings is 1. The quantitative estimate of drug-likeness (QED) is 0.365. The van der Waals surface area contributed by atoms with E-state index in [0.717, 1.165) is 10.9 Å². The molecule has 0 fully saturated rings. The number of ether oxygens (including phenoxy) is 3. The Labute approximate surface area is 202 Å². The number of rotatable bonds is 9. The van der Waals surface area contributed by atoms with Crippen molar-refractivity contribution < 1.29 is 28.2 Å². The summed E-state index contributed by atoms with van der Waals surface area (Å²) in [4.78, 5) is 25.7. The van der Waals surface area contributed by atoms with Gasteiger partial charge < -0.3 is 29.3 Å². The van der Waals surface area contributed by atoms with Crippen LogP contribution in [-0.2, 0) is 6.42 Å². The number of anilines is 1. The maximum Gasteiger partial charge on any atom is 0.291 e. The standard InChI is InChI=1S/C27H26N2O6/c1-32-21-12-11-17(15-23(21)34-3)13-14-28-26(30)19-8-4-5-9-20(19)29-27(31)24-16-18-7-6-10-22(33-2)25(18)35-24/h4-12,15-16H,13-14H2,1-3H3,(H,28,30)(H,29,31). The highest BCUT2D eigenvalue weighted by Gasteiger charge is 2.18. The lowest BCUT2D eigenvalue weighted by Gasteiger charge is -2.12. The minimum Gasteiger partial charge on any atom is -0.493 e. The topological polar surface area (TPSA) is 99.0 Å². The van der Waals surface area contributed by atoms with Crippen molar-refractivity contribution in [1.29, 1.82) is 0 Å². The average molecular weight is 475 g/mol. The van der Waals surface area contributed by atoms with Gasteiger partial charge in [-0.3, -0.25) is 9.59 Å². The van der Waals surface area contributed by atoms with Gasteiger partial charge in [-0.15, -0.1) is 0 Å². The lowest BCUT2D eigenvalue weighted by molar-refractivity contribution is 0.0955. The molecule has 0 atom stereocenters. The summed E-state index contributed by atoms with van der Waals surface area (Å²) in [6.45, 7) is 0.403. The molecule has 35 heavy (non-hydrogen) atoms. The molecule has 0 aliphatic carbocycles. The van der Waals surface area contributed by atoms with E-state index < -0.39 is 5.91 Å². The van der Waals surface area contributed by atoms with E-state index >= 15 is 0 Å². The summed E-state index contributed by atoms with van der Waals surface area (Å²) in [6.07, 6.45) is 0.599. The molecule has 1 heterocycles. The smallest absolute Gasteiger partial charge is 0.291 e. The minimum absolute atomic E-state index is 0.119. The summed E-state index contributed by atoms with van der Waals surface area (Å²) in [6, 6.07) is 19.5. The largest absolute Gasteiger partial charge is 0.493 e. The summed E-state index contributed by atoms with van der Waals surface area (Å²) in [5.41, 5.74) is 2.21. The van der Waals surface area contributed by atoms with Crippen LogP contribution in [0.1, 0.15) is 26.5 Å². The van der Waals surface area contributed by atoms with Crippen LogP contribution in [-0.4, -0.2) is 39.7 Å². The number of hydrogen-bond acceptors (Lipinski definition) is 6. The third-order valence-corrected chi connectivity index (χ3v) is 5.52. The number of carbonyl (C=O) groups is 2. The zero-order chi connectivity index (χ0) is 24.8. The van der Waals surface area contributed by atoms with E-state index in [1.165, 1.54) is 7.11 Å². The first-order valence-electron chi connectivity index (χ1n) is 11.0. The van der Waals surface area contributed by atoms with Gasteiger partial charge in [-0.1, -0.05) is 30.3 Å². The van der Waals surface area contributed by atoms with Crippen molar-refractivity contribution in [3.63, 3.8) is 0 Å². The van der Waals surface area contributed by atoms with Crippen molar-refractivity contribution in [3.05, 3.63) is 83.6 Å². The van der Waals surface area contributed by atoms with Crippen molar-refractivity contribution in [3.8, 4) is 17.2 Å². The molecule has 0 radical (unpaired) electrons. The Hall–Kier alpha value is -4.46. The van der Waals surface area contributed by atoms with Crippen LogP contribution >= 0.6 is 0 Å². The number of methoxy groups -OCH3 is 3. The van der Waals surface area contributed by atoms with E-state index in [1.54, 1.807) is 50.6 Å². The molecule has 0 saturated carbocycles. The van der Waals surface area contributed by atoms with Gasteiger partial charge >= 0.3 is 0 Å². The van der Waals surface area contributed by atoms with Gasteiger partial charge in [0.25, 0.3) is 11.8 Å². The molecule has 0 spiro atoms. The maximum atomic E-state index is 12.9. The Bertz CT molecular complexity index is 1360. The monoisotopic (exact) mass is 474 g/mol. The van der Waals surface area contributed by atoms with Crippen LogP contribution in [0, 0.1) is 0 Å². The lowest BCUT2D eigenvalue weighted by atomic mass is 10.1. The molecule has 8 nitrogen and oxygen atoms in total. The second-order valence-corrected chi connectivity index (χ2v) is 7.68. The number of nitrogens with one attached hydrogen (secondary N) is 2. The Morgan fingerprint density at radius 3 is 2.34 bits per heavy atom. The van der Waals surface area contributed by atoms with E-state index in [1.807, 2.05) is 30.3 Å². The first-order chi connectivity index (χ1) is 17.0. The Morgan fingerprint density at radius 1 is 0.800 bits per heavy atom. The van der Waals surface area contributed by atoms with Crippen LogP contribution < -0.4 is 24.8 Å². The summed E-state index contributed by atoms with van der Waals surface area (Å²) in [5.74, 6) is 1.17. The summed E-state index contributed by atoms with van der Waals surface area (Å²) >= 11 is 0. The van der Waals surface area contributed by atoms with Crippen LogP contribution in [0.3, 0.4) is 0 Å². The second-order valence-electron chi connectivity index (χ2n) is 7.68. The molecule has 0 bridgehead atoms. The highest BCUT2D eigenvalue weighted by Crippen LogP contribution is 2.29. The van der Waals surface area contributed by atoms with Gasteiger partial charge in [0.15, 0.2) is 28.6 Å².